The van der Waals surface area contributed by atoms with Gasteiger partial charge in [0.1, 0.15) is 0 Å². The summed E-state index contributed by atoms with van der Waals surface area (Å²) in [5, 5.41) is 13.2. The lowest BCUT2D eigenvalue weighted by Gasteiger charge is -2.15. The van der Waals surface area contributed by atoms with Crippen molar-refractivity contribution in [3.63, 3.8) is 0 Å². The van der Waals surface area contributed by atoms with Crippen LogP contribution in [0.1, 0.15) is 47.2 Å². The van der Waals surface area contributed by atoms with Gasteiger partial charge in [0.25, 0.3) is 0 Å². The zero-order valence-electron chi connectivity index (χ0n) is 21.5. The number of methoxy groups -OCH3 is 2. The maximum atomic E-state index is 11.9. The largest absolute Gasteiger partial charge is 0.618 e. The molecule has 39 heavy (non-hydrogen) atoms. The number of carbonyl (C=O) groups excluding carboxylic acids is 2. The summed E-state index contributed by atoms with van der Waals surface area (Å²) < 4.78 is 10.2. The molecule has 2 aromatic carbocycles. The number of rotatable bonds is 8. The van der Waals surface area contributed by atoms with Gasteiger partial charge in [-0.2, -0.15) is 4.73 Å². The number of nitrogens with zero attached hydrogens (tertiary/aromatic N) is 2. The van der Waals surface area contributed by atoms with Crippen molar-refractivity contribution >= 4 is 35.1 Å². The molecule has 0 aliphatic carbocycles. The molecule has 2 unspecified atom stereocenters. The molecule has 2 heterocycles. The van der Waals surface area contributed by atoms with Gasteiger partial charge in [-0.15, -0.1) is 0 Å². The minimum absolute atomic E-state index is 0.102. The molecule has 0 fully saturated rings. The van der Waals surface area contributed by atoms with Gasteiger partial charge >= 0.3 is 11.9 Å². The van der Waals surface area contributed by atoms with Crippen molar-refractivity contribution in [1.29, 1.82) is 0 Å². The molecular formula is C30H28Cl2N2O5. The molecule has 2 atom stereocenters. The van der Waals surface area contributed by atoms with Crippen molar-refractivity contribution < 1.29 is 23.8 Å². The third-order valence-electron chi connectivity index (χ3n) is 6.00. The first-order valence-electron chi connectivity index (χ1n) is 12.1. The van der Waals surface area contributed by atoms with Crippen molar-refractivity contribution in [3.05, 3.63) is 135 Å². The highest BCUT2D eigenvalue weighted by atomic mass is 35.5. The van der Waals surface area contributed by atoms with Crippen LogP contribution >= 0.6 is 23.2 Å². The van der Waals surface area contributed by atoms with E-state index in [1.165, 1.54) is 20.4 Å². The van der Waals surface area contributed by atoms with Crippen LogP contribution in [-0.4, -0.2) is 31.1 Å². The number of carbonyl (C=O) groups is 2. The number of ether oxygens (including phenoxy) is 2. The van der Waals surface area contributed by atoms with Gasteiger partial charge in [-0.05, 0) is 53.6 Å². The summed E-state index contributed by atoms with van der Waals surface area (Å²) in [5.41, 5.74) is 3.18. The van der Waals surface area contributed by atoms with Crippen LogP contribution in [0.15, 0.2) is 97.3 Å². The van der Waals surface area contributed by atoms with E-state index in [0.29, 0.717) is 15.7 Å². The van der Waals surface area contributed by atoms with Gasteiger partial charge in [-0.1, -0.05) is 53.5 Å². The summed E-state index contributed by atoms with van der Waals surface area (Å²) in [6.45, 7) is 0. The summed E-state index contributed by atoms with van der Waals surface area (Å²) in [7, 11) is 2.72. The lowest BCUT2D eigenvalue weighted by Crippen LogP contribution is -2.33. The molecular weight excluding hydrogens is 539 g/mol. The molecule has 0 aliphatic heterocycles. The highest BCUT2D eigenvalue weighted by Crippen LogP contribution is 2.28. The van der Waals surface area contributed by atoms with Crippen LogP contribution in [-0.2, 0) is 19.1 Å². The van der Waals surface area contributed by atoms with E-state index in [1.807, 2.05) is 54.6 Å². The zero-order valence-corrected chi connectivity index (χ0v) is 23.0. The summed E-state index contributed by atoms with van der Waals surface area (Å²) in [4.78, 5) is 27.5. The van der Waals surface area contributed by atoms with Crippen molar-refractivity contribution in [2.24, 2.45) is 0 Å². The van der Waals surface area contributed by atoms with Crippen LogP contribution in [0.3, 0.4) is 0 Å². The Hall–Kier alpha value is -3.94. The van der Waals surface area contributed by atoms with E-state index in [2.05, 4.69) is 4.98 Å². The first kappa shape index (κ1) is 29.6. The van der Waals surface area contributed by atoms with E-state index in [4.69, 9.17) is 32.7 Å². The fourth-order valence-electron chi connectivity index (χ4n) is 3.97. The fourth-order valence-corrected chi connectivity index (χ4v) is 4.22. The van der Waals surface area contributed by atoms with E-state index in [1.54, 1.807) is 36.5 Å². The Bertz CT molecular complexity index is 1350. The Balaban J connectivity index is 0.000000216. The minimum atomic E-state index is -0.367. The van der Waals surface area contributed by atoms with Crippen LogP contribution < -0.4 is 4.73 Å². The highest BCUT2D eigenvalue weighted by molar-refractivity contribution is 6.30. The van der Waals surface area contributed by atoms with Gasteiger partial charge in [0.15, 0.2) is 6.20 Å². The average molecular weight is 567 g/mol. The molecule has 9 heteroatoms. The molecule has 0 saturated carbocycles. The third-order valence-corrected chi connectivity index (χ3v) is 6.50. The van der Waals surface area contributed by atoms with E-state index in [0.717, 1.165) is 21.6 Å². The second-order valence-corrected chi connectivity index (χ2v) is 9.35. The summed E-state index contributed by atoms with van der Waals surface area (Å²) >= 11 is 11.8. The molecule has 7 nitrogen and oxygen atoms in total. The van der Waals surface area contributed by atoms with E-state index >= 15 is 0 Å². The minimum Gasteiger partial charge on any atom is -0.618 e. The topological polar surface area (TPSA) is 92.4 Å². The Kier molecular flexibility index (Phi) is 11.3. The molecule has 0 bridgehead atoms. The van der Waals surface area contributed by atoms with Crippen LogP contribution in [0.25, 0.3) is 0 Å². The first-order chi connectivity index (χ1) is 18.8. The van der Waals surface area contributed by atoms with Crippen molar-refractivity contribution in [3.8, 4) is 0 Å². The van der Waals surface area contributed by atoms with Crippen molar-refractivity contribution in [1.82, 2.24) is 4.98 Å². The molecule has 0 spiro atoms. The smallest absolute Gasteiger partial charge is 0.306 e. The second-order valence-electron chi connectivity index (χ2n) is 8.47. The molecule has 0 amide bonds. The van der Waals surface area contributed by atoms with Crippen LogP contribution in [0.2, 0.25) is 10.0 Å². The molecule has 4 aromatic rings. The Labute approximate surface area is 237 Å². The highest BCUT2D eigenvalue weighted by Gasteiger charge is 2.25. The number of pyridine rings is 2. The van der Waals surface area contributed by atoms with E-state index < -0.39 is 0 Å². The van der Waals surface area contributed by atoms with Gasteiger partial charge in [0.2, 0.25) is 5.69 Å². The Morgan fingerprint density at radius 1 is 0.769 bits per heavy atom. The Morgan fingerprint density at radius 3 is 1.77 bits per heavy atom. The number of hydrogen-bond acceptors (Lipinski definition) is 6. The maximum absolute atomic E-state index is 11.9. The first-order valence-corrected chi connectivity index (χ1v) is 12.8. The van der Waals surface area contributed by atoms with Gasteiger partial charge in [0, 0.05) is 40.0 Å². The van der Waals surface area contributed by atoms with E-state index in [-0.39, 0.29) is 36.6 Å². The Morgan fingerprint density at radius 2 is 1.28 bits per heavy atom. The summed E-state index contributed by atoms with van der Waals surface area (Å²) in [6, 6.07) is 25.3. The lowest BCUT2D eigenvalue weighted by molar-refractivity contribution is -0.615. The SMILES string of the molecule is COC(=O)CC(c1ccc(Cl)cc1)c1cccc[n+]1[O-].COC(=O)CC(c1ccc(Cl)cc1)c1ccccn1. The number of hydrogen-bond donors (Lipinski definition) is 0. The van der Waals surface area contributed by atoms with E-state index in [9.17, 15) is 14.8 Å². The quantitative estimate of drug-likeness (QED) is 0.145. The maximum Gasteiger partial charge on any atom is 0.306 e. The molecule has 2 aromatic heterocycles. The molecule has 202 valence electrons. The number of halogens is 2. The second kappa shape index (κ2) is 14.9. The monoisotopic (exact) mass is 566 g/mol. The zero-order chi connectivity index (χ0) is 28.2. The number of aromatic nitrogens is 2. The molecule has 0 saturated heterocycles. The molecule has 4 rings (SSSR count). The predicted octanol–water partition coefficient (Wildman–Crippen LogP) is 6.10. The summed E-state index contributed by atoms with van der Waals surface area (Å²) in [6.07, 6.45) is 3.49. The lowest BCUT2D eigenvalue weighted by atomic mass is 9.92. The van der Waals surface area contributed by atoms with Crippen LogP contribution in [0.5, 0.6) is 0 Å². The third kappa shape index (κ3) is 8.80. The molecule has 0 radical (unpaired) electrons. The van der Waals surface area contributed by atoms with Crippen LogP contribution in [0, 0.1) is 5.21 Å². The predicted molar refractivity (Wildman–Crippen MR) is 149 cm³/mol. The molecule has 0 aliphatic rings. The number of benzene rings is 2. The van der Waals surface area contributed by atoms with Gasteiger partial charge < -0.3 is 14.7 Å². The van der Waals surface area contributed by atoms with Crippen LogP contribution in [0.4, 0.5) is 0 Å². The van der Waals surface area contributed by atoms with Gasteiger partial charge in [-0.25, -0.2) is 0 Å². The number of esters is 2. The average Bonchev–Trinajstić information content (AvgIpc) is 2.96. The summed E-state index contributed by atoms with van der Waals surface area (Å²) in [5.74, 6) is -1.11. The standard InChI is InChI=1S/C15H14ClNO3.C15H14ClNO2/c1-20-15(18)10-13(11-5-7-12(16)8-6-11)14-4-2-3-9-17(14)19;1-19-15(18)10-13(14-4-2-3-9-17-14)11-5-7-12(16)8-6-11/h2-9,13H,10H2,1H3;2-9,13H,10H2,1H3. The molecule has 0 N–H and O–H groups in total. The van der Waals surface area contributed by atoms with Gasteiger partial charge in [0.05, 0.1) is 33.0 Å². The fraction of sp³-hybridized carbons (Fsp3) is 0.200. The normalized spacial score (nSPS) is 11.9. The van der Waals surface area contributed by atoms with Crippen molar-refractivity contribution in [2.75, 3.05) is 14.2 Å². The van der Waals surface area contributed by atoms with Crippen molar-refractivity contribution in [2.45, 2.75) is 24.7 Å². The van der Waals surface area contributed by atoms with Gasteiger partial charge in [-0.3, -0.25) is 14.6 Å².